The molecule has 2 rings (SSSR count). The third kappa shape index (κ3) is 4.55. The molecule has 0 saturated carbocycles. The summed E-state index contributed by atoms with van der Waals surface area (Å²) in [6, 6.07) is 0. The van der Waals surface area contributed by atoms with Crippen molar-refractivity contribution in [3.05, 3.63) is 15.6 Å². The lowest BCUT2D eigenvalue weighted by atomic mass is 10.1. The van der Waals surface area contributed by atoms with Crippen molar-refractivity contribution < 1.29 is 4.74 Å². The molecular weight excluding hydrogens is 256 g/mol. The Morgan fingerprint density at radius 2 is 2.26 bits per heavy atom. The Morgan fingerprint density at radius 1 is 1.37 bits per heavy atom. The molecule has 1 N–H and O–H groups in total. The van der Waals surface area contributed by atoms with Gasteiger partial charge in [-0.1, -0.05) is 13.8 Å². The van der Waals surface area contributed by atoms with Gasteiger partial charge in [0.05, 0.1) is 16.8 Å². The molecule has 0 amide bonds. The van der Waals surface area contributed by atoms with Gasteiger partial charge in [-0.15, -0.1) is 11.3 Å². The monoisotopic (exact) mass is 282 g/mol. The Morgan fingerprint density at radius 3 is 2.95 bits per heavy atom. The van der Waals surface area contributed by atoms with Gasteiger partial charge in [-0.3, -0.25) is 0 Å². The number of hydrogen-bond acceptors (Lipinski definition) is 4. The Kier molecular flexibility index (Phi) is 6.28. The first-order valence-electron chi connectivity index (χ1n) is 7.63. The normalized spacial score (nSPS) is 19.8. The number of nitrogens with zero attached hydrogens (tertiary/aromatic N) is 1. The second-order valence-corrected chi connectivity index (χ2v) is 6.37. The summed E-state index contributed by atoms with van der Waals surface area (Å²) >= 11 is 1.87. The van der Waals surface area contributed by atoms with Crippen LogP contribution in [0.25, 0.3) is 0 Å². The molecule has 0 aliphatic carbocycles. The van der Waals surface area contributed by atoms with Crippen LogP contribution < -0.4 is 5.32 Å². The fraction of sp³-hybridized carbons (Fsp3) is 0.800. The number of rotatable bonds is 7. The van der Waals surface area contributed by atoms with Gasteiger partial charge in [0.25, 0.3) is 0 Å². The number of thiazole rings is 1. The van der Waals surface area contributed by atoms with E-state index in [4.69, 9.17) is 9.72 Å². The first kappa shape index (κ1) is 14.9. The van der Waals surface area contributed by atoms with E-state index < -0.39 is 0 Å². The van der Waals surface area contributed by atoms with E-state index in [9.17, 15) is 0 Å². The Bertz CT molecular complexity index is 372. The summed E-state index contributed by atoms with van der Waals surface area (Å²) in [5, 5.41) is 4.74. The summed E-state index contributed by atoms with van der Waals surface area (Å²) in [6.07, 6.45) is 7.35. The zero-order valence-corrected chi connectivity index (χ0v) is 13.0. The van der Waals surface area contributed by atoms with Gasteiger partial charge in [-0.05, 0) is 38.6 Å². The Labute approximate surface area is 120 Å². The van der Waals surface area contributed by atoms with Crippen molar-refractivity contribution >= 4 is 11.3 Å². The van der Waals surface area contributed by atoms with Crippen molar-refractivity contribution in [2.75, 3.05) is 13.2 Å². The van der Waals surface area contributed by atoms with Crippen LogP contribution in [-0.2, 0) is 24.1 Å². The van der Waals surface area contributed by atoms with E-state index in [0.717, 1.165) is 32.5 Å². The van der Waals surface area contributed by atoms with E-state index in [1.165, 1.54) is 41.3 Å². The van der Waals surface area contributed by atoms with Crippen LogP contribution in [0.5, 0.6) is 0 Å². The minimum atomic E-state index is 0.404. The van der Waals surface area contributed by atoms with Crippen LogP contribution in [0.2, 0.25) is 0 Å². The van der Waals surface area contributed by atoms with Gasteiger partial charge < -0.3 is 10.1 Å². The topological polar surface area (TPSA) is 34.1 Å². The third-order valence-corrected chi connectivity index (χ3v) is 4.67. The van der Waals surface area contributed by atoms with Crippen molar-refractivity contribution in [3.63, 3.8) is 0 Å². The highest BCUT2D eigenvalue weighted by Gasteiger charge is 2.17. The lowest BCUT2D eigenvalue weighted by Crippen LogP contribution is -2.21. The van der Waals surface area contributed by atoms with Crippen LogP contribution in [0.1, 0.15) is 55.1 Å². The number of ether oxygens (including phenoxy) is 1. The summed E-state index contributed by atoms with van der Waals surface area (Å²) in [5.74, 6) is 0. The maximum atomic E-state index is 5.81. The minimum Gasteiger partial charge on any atom is -0.378 e. The van der Waals surface area contributed by atoms with Crippen molar-refractivity contribution in [2.45, 2.75) is 65.0 Å². The summed E-state index contributed by atoms with van der Waals surface area (Å²) in [5.41, 5.74) is 1.28. The number of aromatic nitrogens is 1. The van der Waals surface area contributed by atoms with Crippen molar-refractivity contribution in [1.29, 1.82) is 0 Å². The highest BCUT2D eigenvalue weighted by Crippen LogP contribution is 2.24. The zero-order chi connectivity index (χ0) is 13.5. The van der Waals surface area contributed by atoms with Gasteiger partial charge in [0.15, 0.2) is 0 Å². The largest absolute Gasteiger partial charge is 0.378 e. The lowest BCUT2D eigenvalue weighted by Gasteiger charge is -2.21. The molecule has 1 saturated heterocycles. The molecule has 4 heteroatoms. The molecule has 1 aromatic rings. The van der Waals surface area contributed by atoms with Gasteiger partial charge in [0.2, 0.25) is 0 Å². The Balaban J connectivity index is 1.92. The maximum absolute atomic E-state index is 5.81. The van der Waals surface area contributed by atoms with E-state index in [1.807, 2.05) is 11.3 Å². The molecule has 1 aromatic heterocycles. The average molecular weight is 282 g/mol. The SMILES string of the molecule is CCCNCc1sc(CC2CCCCO2)nc1CC. The van der Waals surface area contributed by atoms with Crippen molar-refractivity contribution in [2.24, 2.45) is 0 Å². The molecule has 1 atom stereocenters. The van der Waals surface area contributed by atoms with Crippen LogP contribution in [-0.4, -0.2) is 24.2 Å². The van der Waals surface area contributed by atoms with E-state index in [0.29, 0.717) is 6.10 Å². The van der Waals surface area contributed by atoms with E-state index in [-0.39, 0.29) is 0 Å². The molecule has 0 bridgehead atoms. The van der Waals surface area contributed by atoms with Crippen LogP contribution in [0.3, 0.4) is 0 Å². The first-order chi connectivity index (χ1) is 9.33. The second-order valence-electron chi connectivity index (χ2n) is 5.20. The van der Waals surface area contributed by atoms with Gasteiger partial charge >= 0.3 is 0 Å². The molecule has 3 nitrogen and oxygen atoms in total. The van der Waals surface area contributed by atoms with Gasteiger partial charge in [0.1, 0.15) is 0 Å². The molecule has 0 radical (unpaired) electrons. The molecule has 1 aliphatic rings. The Hall–Kier alpha value is -0.450. The number of hydrogen-bond donors (Lipinski definition) is 1. The fourth-order valence-corrected chi connectivity index (χ4v) is 3.67. The molecule has 1 unspecified atom stereocenters. The van der Waals surface area contributed by atoms with E-state index >= 15 is 0 Å². The highest BCUT2D eigenvalue weighted by atomic mass is 32.1. The number of nitrogens with one attached hydrogen (secondary N) is 1. The highest BCUT2D eigenvalue weighted by molar-refractivity contribution is 7.11. The summed E-state index contributed by atoms with van der Waals surface area (Å²) in [6.45, 7) is 7.38. The minimum absolute atomic E-state index is 0.404. The van der Waals surface area contributed by atoms with Crippen LogP contribution in [0.15, 0.2) is 0 Å². The molecular formula is C15H26N2OS. The smallest absolute Gasteiger partial charge is 0.0957 e. The summed E-state index contributed by atoms with van der Waals surface area (Å²) in [4.78, 5) is 6.22. The van der Waals surface area contributed by atoms with Gasteiger partial charge in [0, 0.05) is 24.4 Å². The van der Waals surface area contributed by atoms with Gasteiger partial charge in [-0.2, -0.15) is 0 Å². The molecule has 2 heterocycles. The van der Waals surface area contributed by atoms with Crippen molar-refractivity contribution in [3.8, 4) is 0 Å². The van der Waals surface area contributed by atoms with Crippen molar-refractivity contribution in [1.82, 2.24) is 10.3 Å². The van der Waals surface area contributed by atoms with Crippen LogP contribution in [0, 0.1) is 0 Å². The standard InChI is InChI=1S/C15H26N2OS/c1-3-8-16-11-14-13(4-2)17-15(19-14)10-12-7-5-6-9-18-12/h12,16H,3-11H2,1-2H3. The average Bonchev–Trinajstić information content (AvgIpc) is 2.82. The van der Waals surface area contributed by atoms with E-state index in [2.05, 4.69) is 19.2 Å². The number of aryl methyl sites for hydroxylation is 1. The quantitative estimate of drug-likeness (QED) is 0.779. The van der Waals surface area contributed by atoms with Crippen LogP contribution in [0.4, 0.5) is 0 Å². The first-order valence-corrected chi connectivity index (χ1v) is 8.44. The molecule has 0 spiro atoms. The molecule has 0 aromatic carbocycles. The molecule has 108 valence electrons. The molecule has 19 heavy (non-hydrogen) atoms. The molecule has 1 aliphatic heterocycles. The predicted octanol–water partition coefficient (Wildman–Crippen LogP) is 3.32. The predicted molar refractivity (Wildman–Crippen MR) is 80.8 cm³/mol. The summed E-state index contributed by atoms with van der Waals surface area (Å²) in [7, 11) is 0. The lowest BCUT2D eigenvalue weighted by molar-refractivity contribution is 0.0167. The second kappa shape index (κ2) is 7.98. The zero-order valence-electron chi connectivity index (χ0n) is 12.2. The third-order valence-electron chi connectivity index (χ3n) is 3.55. The fourth-order valence-electron chi connectivity index (χ4n) is 2.48. The van der Waals surface area contributed by atoms with Crippen LogP contribution >= 0.6 is 11.3 Å². The summed E-state index contributed by atoms with van der Waals surface area (Å²) < 4.78 is 5.81. The van der Waals surface area contributed by atoms with E-state index in [1.54, 1.807) is 0 Å². The molecule has 1 fully saturated rings. The maximum Gasteiger partial charge on any atom is 0.0957 e. The van der Waals surface area contributed by atoms with Gasteiger partial charge in [-0.25, -0.2) is 4.98 Å².